The first-order valence-electron chi connectivity index (χ1n) is 9.45. The summed E-state index contributed by atoms with van der Waals surface area (Å²) in [6.07, 6.45) is 10.3. The number of hydrogen-bond donors (Lipinski definition) is 2. The molecule has 1 aliphatic heterocycles. The van der Waals surface area contributed by atoms with Crippen LogP contribution in [0.3, 0.4) is 0 Å². The third-order valence-corrected chi connectivity index (χ3v) is 7.59. The van der Waals surface area contributed by atoms with Crippen LogP contribution in [0.2, 0.25) is 0 Å². The van der Waals surface area contributed by atoms with Gasteiger partial charge in [0.05, 0.1) is 6.26 Å². The van der Waals surface area contributed by atoms with E-state index in [4.69, 9.17) is 4.99 Å². The van der Waals surface area contributed by atoms with Crippen LogP contribution in [-0.4, -0.2) is 68.7 Å². The Kier molecular flexibility index (Phi) is 11.2. The summed E-state index contributed by atoms with van der Waals surface area (Å²) in [5.41, 5.74) is 0. The number of nitrogens with zero attached hydrogens (tertiary/aromatic N) is 2. The predicted molar refractivity (Wildman–Crippen MR) is 123 cm³/mol. The van der Waals surface area contributed by atoms with Crippen molar-refractivity contribution >= 4 is 51.7 Å². The number of rotatable bonds is 6. The fourth-order valence-corrected chi connectivity index (χ4v) is 5.35. The Morgan fingerprint density at radius 1 is 1.23 bits per heavy atom. The van der Waals surface area contributed by atoms with E-state index in [0.717, 1.165) is 37.1 Å². The highest BCUT2D eigenvalue weighted by molar-refractivity contribution is 14.0. The van der Waals surface area contributed by atoms with Gasteiger partial charge in [0, 0.05) is 37.5 Å². The minimum absolute atomic E-state index is 0. The maximum absolute atomic E-state index is 11.6. The molecule has 0 radical (unpaired) electrons. The van der Waals surface area contributed by atoms with Crippen molar-refractivity contribution in [3.63, 3.8) is 0 Å². The van der Waals surface area contributed by atoms with Crippen molar-refractivity contribution in [3.05, 3.63) is 0 Å². The highest BCUT2D eigenvalue weighted by Gasteiger charge is 2.25. The Hall–Kier alpha value is 0.260. The van der Waals surface area contributed by atoms with Gasteiger partial charge in [-0.3, -0.25) is 4.99 Å². The van der Waals surface area contributed by atoms with Crippen LogP contribution in [0.5, 0.6) is 0 Å². The van der Waals surface area contributed by atoms with Gasteiger partial charge < -0.3 is 10.6 Å². The van der Waals surface area contributed by atoms with Crippen molar-refractivity contribution in [1.82, 2.24) is 14.9 Å². The molecular weight excluding hydrogens is 483 g/mol. The standard InChI is InChI=1S/C17H34N4O2S2.HI/c1-4-18-17(20-15-6-5-7-16(12-15)24-2)19-13-14-8-10-21(11-9-14)25(3,22)23;/h14-16H,4-13H2,1-3H3,(H2,18,19,20);1H. The zero-order valence-corrected chi connectivity index (χ0v) is 20.2. The van der Waals surface area contributed by atoms with Gasteiger partial charge in [0.15, 0.2) is 5.96 Å². The second kappa shape index (κ2) is 12.0. The molecule has 9 heteroatoms. The van der Waals surface area contributed by atoms with E-state index in [-0.39, 0.29) is 24.0 Å². The van der Waals surface area contributed by atoms with Crippen LogP contribution in [0.25, 0.3) is 0 Å². The van der Waals surface area contributed by atoms with Crippen LogP contribution >= 0.6 is 35.7 Å². The molecule has 2 unspecified atom stereocenters. The first-order valence-corrected chi connectivity index (χ1v) is 12.6. The molecule has 1 saturated carbocycles. The molecule has 0 spiro atoms. The molecule has 0 aromatic rings. The summed E-state index contributed by atoms with van der Waals surface area (Å²) in [5, 5.41) is 7.73. The highest BCUT2D eigenvalue weighted by atomic mass is 127. The fourth-order valence-electron chi connectivity index (χ4n) is 3.65. The molecule has 1 saturated heterocycles. The average Bonchev–Trinajstić information content (AvgIpc) is 2.59. The van der Waals surface area contributed by atoms with Gasteiger partial charge in [-0.05, 0) is 51.2 Å². The monoisotopic (exact) mass is 518 g/mol. The van der Waals surface area contributed by atoms with Crippen molar-refractivity contribution < 1.29 is 8.42 Å². The smallest absolute Gasteiger partial charge is 0.211 e. The number of nitrogens with one attached hydrogen (secondary N) is 2. The summed E-state index contributed by atoms with van der Waals surface area (Å²) in [7, 11) is -3.05. The van der Waals surface area contributed by atoms with Crippen LogP contribution < -0.4 is 10.6 Å². The largest absolute Gasteiger partial charge is 0.357 e. The van der Waals surface area contributed by atoms with Gasteiger partial charge in [0.2, 0.25) is 10.0 Å². The first kappa shape index (κ1) is 24.3. The number of hydrogen-bond acceptors (Lipinski definition) is 4. The quantitative estimate of drug-likeness (QED) is 0.321. The normalized spacial score (nSPS) is 26.2. The lowest BCUT2D eigenvalue weighted by molar-refractivity contribution is 0.280. The molecule has 2 aliphatic rings. The van der Waals surface area contributed by atoms with E-state index in [0.29, 0.717) is 25.0 Å². The van der Waals surface area contributed by atoms with Gasteiger partial charge in [-0.2, -0.15) is 11.8 Å². The molecule has 0 amide bonds. The third kappa shape index (κ3) is 8.10. The van der Waals surface area contributed by atoms with Crippen molar-refractivity contribution in [1.29, 1.82) is 0 Å². The van der Waals surface area contributed by atoms with Crippen LogP contribution in [0.15, 0.2) is 4.99 Å². The molecule has 26 heavy (non-hydrogen) atoms. The van der Waals surface area contributed by atoms with Crippen LogP contribution in [0.1, 0.15) is 45.4 Å². The van der Waals surface area contributed by atoms with E-state index in [1.807, 2.05) is 11.8 Å². The number of thioether (sulfide) groups is 1. The van der Waals surface area contributed by atoms with E-state index >= 15 is 0 Å². The number of piperidine rings is 1. The van der Waals surface area contributed by atoms with Crippen LogP contribution in [-0.2, 0) is 10.0 Å². The summed E-state index contributed by atoms with van der Waals surface area (Å²) in [6, 6.07) is 0.510. The summed E-state index contributed by atoms with van der Waals surface area (Å²) >= 11 is 1.97. The molecule has 2 atom stereocenters. The molecule has 1 heterocycles. The third-order valence-electron chi connectivity index (χ3n) is 5.19. The maximum Gasteiger partial charge on any atom is 0.211 e. The van der Waals surface area contributed by atoms with Crippen molar-refractivity contribution in [2.75, 3.05) is 38.7 Å². The van der Waals surface area contributed by atoms with Crippen molar-refractivity contribution in [2.24, 2.45) is 10.9 Å². The number of aliphatic imine (C=N–C) groups is 1. The average molecular weight is 519 g/mol. The highest BCUT2D eigenvalue weighted by Crippen LogP contribution is 2.27. The Bertz CT molecular complexity index is 537. The molecule has 154 valence electrons. The lowest BCUT2D eigenvalue weighted by atomic mass is 9.95. The minimum atomic E-state index is -3.05. The van der Waals surface area contributed by atoms with Gasteiger partial charge >= 0.3 is 0 Å². The fraction of sp³-hybridized carbons (Fsp3) is 0.941. The SMILES string of the molecule is CCNC(=NCC1CCN(S(C)(=O)=O)CC1)NC1CCCC(SC)C1.I. The van der Waals surface area contributed by atoms with Gasteiger partial charge in [0.1, 0.15) is 0 Å². The van der Waals surface area contributed by atoms with Gasteiger partial charge in [-0.15, -0.1) is 24.0 Å². The van der Waals surface area contributed by atoms with Gasteiger partial charge in [-0.1, -0.05) is 6.42 Å². The van der Waals surface area contributed by atoms with E-state index in [9.17, 15) is 8.42 Å². The summed E-state index contributed by atoms with van der Waals surface area (Å²) < 4.78 is 24.8. The van der Waals surface area contributed by atoms with E-state index in [1.165, 1.54) is 31.9 Å². The lowest BCUT2D eigenvalue weighted by Crippen LogP contribution is -2.46. The van der Waals surface area contributed by atoms with E-state index in [1.54, 1.807) is 4.31 Å². The Balaban J connectivity index is 0.00000338. The Morgan fingerprint density at radius 3 is 2.50 bits per heavy atom. The van der Waals surface area contributed by atoms with Crippen LogP contribution in [0, 0.1) is 5.92 Å². The minimum Gasteiger partial charge on any atom is -0.357 e. The van der Waals surface area contributed by atoms with Crippen molar-refractivity contribution in [3.8, 4) is 0 Å². The number of sulfonamides is 1. The number of guanidine groups is 1. The van der Waals surface area contributed by atoms with Gasteiger partial charge in [0.25, 0.3) is 0 Å². The predicted octanol–water partition coefficient (Wildman–Crippen LogP) is 2.51. The van der Waals surface area contributed by atoms with E-state index < -0.39 is 10.0 Å². The second-order valence-corrected chi connectivity index (χ2v) is 10.3. The molecule has 2 N–H and O–H groups in total. The molecule has 0 aromatic heterocycles. The maximum atomic E-state index is 11.6. The Labute approximate surface area is 180 Å². The summed E-state index contributed by atoms with van der Waals surface area (Å²) in [5.74, 6) is 1.39. The summed E-state index contributed by atoms with van der Waals surface area (Å²) in [4.78, 5) is 4.79. The molecule has 2 fully saturated rings. The van der Waals surface area contributed by atoms with E-state index in [2.05, 4.69) is 23.8 Å². The number of halogens is 1. The van der Waals surface area contributed by atoms with Crippen LogP contribution in [0.4, 0.5) is 0 Å². The molecule has 6 nitrogen and oxygen atoms in total. The zero-order valence-electron chi connectivity index (χ0n) is 16.2. The second-order valence-electron chi connectivity index (χ2n) is 7.19. The molecular formula is C17H35IN4O2S2. The zero-order chi connectivity index (χ0) is 18.3. The molecule has 1 aliphatic carbocycles. The molecule has 2 rings (SSSR count). The molecule has 0 aromatic carbocycles. The lowest BCUT2D eigenvalue weighted by Gasteiger charge is -2.31. The van der Waals surface area contributed by atoms with Gasteiger partial charge in [-0.25, -0.2) is 12.7 Å². The topological polar surface area (TPSA) is 73.8 Å². The Morgan fingerprint density at radius 2 is 1.92 bits per heavy atom. The molecule has 0 bridgehead atoms. The first-order chi connectivity index (χ1) is 11.9. The van der Waals surface area contributed by atoms with Crippen molar-refractivity contribution in [2.45, 2.75) is 56.7 Å². The summed E-state index contributed by atoms with van der Waals surface area (Å²) in [6.45, 7) is 4.97.